The Labute approximate surface area is 225 Å². The van der Waals surface area contributed by atoms with E-state index in [1.807, 2.05) is 27.7 Å². The number of carboxylic acids is 1. The summed E-state index contributed by atoms with van der Waals surface area (Å²) < 4.78 is 11.5. The van der Waals surface area contributed by atoms with Crippen LogP contribution in [0.4, 0.5) is 0 Å². The zero-order valence-electron chi connectivity index (χ0n) is 23.3. The predicted octanol–water partition coefficient (Wildman–Crippen LogP) is 4.33. The molecule has 0 aliphatic heterocycles. The number of Topliss-reactive ketones (excluding diaryl/α,β-unsaturated/α-hetero) is 1. The lowest BCUT2D eigenvalue weighted by molar-refractivity contribution is -0.213. The van der Waals surface area contributed by atoms with Crippen molar-refractivity contribution in [3.63, 3.8) is 0 Å². The molecule has 2 fully saturated rings. The van der Waals surface area contributed by atoms with Crippen LogP contribution in [-0.2, 0) is 19.1 Å². The highest BCUT2D eigenvalue weighted by atomic mass is 16.5. The molecule has 0 saturated heterocycles. The van der Waals surface area contributed by atoms with Gasteiger partial charge in [-0.2, -0.15) is 0 Å². The zero-order valence-corrected chi connectivity index (χ0v) is 23.3. The Morgan fingerprint density at radius 2 is 1.74 bits per heavy atom. The van der Waals surface area contributed by atoms with Crippen molar-refractivity contribution in [1.82, 2.24) is 0 Å². The Bertz CT molecular complexity index is 1080. The number of allylic oxidation sites excluding steroid dienone is 1. The standard InChI is InChI=1S/C23H36O6.C7H6O2/c1-7-23(27)10-9-13(3)18-19(29-14(4)24)20(26)21(5)16(22(18,23)6)11-15(28-8-2)12-17(21)25;8-7(9)6-4-2-1-3-5-6/h15-17,19,25,27H,7-12H2,1-6H3;1-5H,(H,8,9)/t15-,16?,17-,19+,21-,22-,23-;/m0./s1. The molecular weight excluding hydrogens is 488 g/mol. The highest BCUT2D eigenvalue weighted by Crippen LogP contribution is 2.66. The first kappa shape index (κ1) is 30.0. The number of hydrogen-bond acceptors (Lipinski definition) is 7. The number of benzene rings is 1. The first-order chi connectivity index (χ1) is 17.8. The molecule has 3 N–H and O–H groups in total. The zero-order chi connectivity index (χ0) is 28.5. The van der Waals surface area contributed by atoms with Gasteiger partial charge in [-0.05, 0) is 70.1 Å². The molecule has 3 aliphatic rings. The monoisotopic (exact) mass is 530 g/mol. The maximum absolute atomic E-state index is 13.7. The summed E-state index contributed by atoms with van der Waals surface area (Å²) in [6.45, 7) is 11.5. The Morgan fingerprint density at radius 1 is 1.11 bits per heavy atom. The molecule has 0 radical (unpaired) electrons. The summed E-state index contributed by atoms with van der Waals surface area (Å²) >= 11 is 0. The summed E-state index contributed by atoms with van der Waals surface area (Å²) in [6, 6.07) is 8.30. The van der Waals surface area contributed by atoms with Crippen LogP contribution in [0.15, 0.2) is 41.5 Å². The van der Waals surface area contributed by atoms with Gasteiger partial charge in [0.2, 0.25) is 0 Å². The van der Waals surface area contributed by atoms with E-state index < -0.39 is 40.6 Å². The fourth-order valence-corrected chi connectivity index (χ4v) is 7.18. The van der Waals surface area contributed by atoms with E-state index in [4.69, 9.17) is 14.6 Å². The summed E-state index contributed by atoms with van der Waals surface area (Å²) in [5.74, 6) is -1.98. The highest BCUT2D eigenvalue weighted by molar-refractivity contribution is 5.96. The van der Waals surface area contributed by atoms with Crippen molar-refractivity contribution in [1.29, 1.82) is 0 Å². The quantitative estimate of drug-likeness (QED) is 0.379. The van der Waals surface area contributed by atoms with Crippen LogP contribution < -0.4 is 0 Å². The van der Waals surface area contributed by atoms with Gasteiger partial charge in [-0.3, -0.25) is 9.59 Å². The third-order valence-corrected chi connectivity index (χ3v) is 9.32. The molecule has 0 spiro atoms. The van der Waals surface area contributed by atoms with Crippen molar-refractivity contribution in [3.05, 3.63) is 47.0 Å². The number of aliphatic hydroxyl groups excluding tert-OH is 1. The number of rotatable bonds is 5. The van der Waals surface area contributed by atoms with Crippen molar-refractivity contribution in [2.45, 2.75) is 97.6 Å². The highest BCUT2D eigenvalue weighted by Gasteiger charge is 2.70. The molecule has 0 aromatic heterocycles. The number of ether oxygens (including phenoxy) is 2. The summed E-state index contributed by atoms with van der Waals surface area (Å²) in [4.78, 5) is 35.9. The van der Waals surface area contributed by atoms with Crippen LogP contribution in [0.5, 0.6) is 0 Å². The van der Waals surface area contributed by atoms with E-state index in [9.17, 15) is 24.6 Å². The van der Waals surface area contributed by atoms with Crippen LogP contribution in [0.25, 0.3) is 0 Å². The van der Waals surface area contributed by atoms with Crippen LogP contribution in [-0.4, -0.2) is 63.6 Å². The molecule has 0 heterocycles. The second-order valence-corrected chi connectivity index (χ2v) is 11.2. The van der Waals surface area contributed by atoms with E-state index in [0.717, 1.165) is 11.1 Å². The molecule has 1 unspecified atom stereocenters. The number of aliphatic hydroxyl groups is 2. The van der Waals surface area contributed by atoms with Crippen molar-refractivity contribution < 1.29 is 39.2 Å². The smallest absolute Gasteiger partial charge is 0.335 e. The van der Waals surface area contributed by atoms with E-state index in [0.29, 0.717) is 44.3 Å². The molecule has 7 atom stereocenters. The molecule has 4 rings (SSSR count). The molecule has 8 heteroatoms. The molecule has 0 bridgehead atoms. The molecule has 38 heavy (non-hydrogen) atoms. The Hall–Kier alpha value is -2.55. The van der Waals surface area contributed by atoms with Crippen LogP contribution in [0.2, 0.25) is 0 Å². The summed E-state index contributed by atoms with van der Waals surface area (Å²) in [5.41, 5.74) is -0.908. The molecular formula is C30H42O8. The first-order valence-corrected chi connectivity index (χ1v) is 13.5. The van der Waals surface area contributed by atoms with E-state index in [2.05, 4.69) is 0 Å². The van der Waals surface area contributed by atoms with Gasteiger partial charge < -0.3 is 24.8 Å². The Morgan fingerprint density at radius 3 is 2.24 bits per heavy atom. The minimum Gasteiger partial charge on any atom is -0.478 e. The number of ketones is 1. The van der Waals surface area contributed by atoms with Gasteiger partial charge in [0.25, 0.3) is 0 Å². The van der Waals surface area contributed by atoms with E-state index >= 15 is 0 Å². The fraction of sp³-hybridized carbons (Fsp3) is 0.633. The van der Waals surface area contributed by atoms with Crippen molar-refractivity contribution >= 4 is 17.7 Å². The van der Waals surface area contributed by atoms with Crippen LogP contribution in [0.1, 0.15) is 84.0 Å². The molecule has 3 aliphatic carbocycles. The largest absolute Gasteiger partial charge is 0.478 e. The molecule has 210 valence electrons. The number of carbonyl (C=O) groups excluding carboxylic acids is 2. The van der Waals surface area contributed by atoms with E-state index in [-0.39, 0.29) is 17.8 Å². The van der Waals surface area contributed by atoms with Gasteiger partial charge in [-0.1, -0.05) is 37.6 Å². The maximum atomic E-state index is 13.7. The average Bonchev–Trinajstić information content (AvgIpc) is 2.87. The summed E-state index contributed by atoms with van der Waals surface area (Å²) in [7, 11) is 0. The lowest BCUT2D eigenvalue weighted by Gasteiger charge is -2.65. The van der Waals surface area contributed by atoms with Crippen LogP contribution >= 0.6 is 0 Å². The first-order valence-electron chi connectivity index (χ1n) is 13.5. The minimum atomic E-state index is -1.12. The second-order valence-electron chi connectivity index (χ2n) is 11.2. The number of hydrogen-bond donors (Lipinski definition) is 3. The minimum absolute atomic E-state index is 0.174. The molecule has 1 aromatic carbocycles. The van der Waals surface area contributed by atoms with Crippen molar-refractivity contribution in [3.8, 4) is 0 Å². The number of esters is 1. The fourth-order valence-electron chi connectivity index (χ4n) is 7.18. The predicted molar refractivity (Wildman–Crippen MR) is 141 cm³/mol. The van der Waals surface area contributed by atoms with Gasteiger partial charge in [0.15, 0.2) is 11.9 Å². The third kappa shape index (κ3) is 4.94. The molecule has 2 saturated carbocycles. The third-order valence-electron chi connectivity index (χ3n) is 9.32. The van der Waals surface area contributed by atoms with Crippen LogP contribution in [0, 0.1) is 16.7 Å². The second kappa shape index (κ2) is 11.3. The van der Waals surface area contributed by atoms with Gasteiger partial charge in [0, 0.05) is 25.4 Å². The summed E-state index contributed by atoms with van der Waals surface area (Å²) in [6.07, 6.45) is 0.532. The van der Waals surface area contributed by atoms with E-state index in [1.54, 1.807) is 37.3 Å². The lowest BCUT2D eigenvalue weighted by atomic mass is 9.41. The number of aromatic carboxylic acids is 1. The van der Waals surface area contributed by atoms with Gasteiger partial charge in [-0.15, -0.1) is 0 Å². The molecule has 8 nitrogen and oxygen atoms in total. The molecule has 0 amide bonds. The normalized spacial score (nSPS) is 36.4. The lowest BCUT2D eigenvalue weighted by Crippen LogP contribution is -2.71. The number of carboxylic acid groups (broad SMARTS) is 1. The average molecular weight is 531 g/mol. The number of carbonyl (C=O) groups is 3. The van der Waals surface area contributed by atoms with Gasteiger partial charge in [0.1, 0.15) is 0 Å². The topological polar surface area (TPSA) is 130 Å². The van der Waals surface area contributed by atoms with E-state index in [1.165, 1.54) is 6.92 Å². The Kier molecular flexibility index (Phi) is 8.91. The van der Waals surface area contributed by atoms with Crippen molar-refractivity contribution in [2.75, 3.05) is 6.61 Å². The maximum Gasteiger partial charge on any atom is 0.335 e. The number of fused-ring (bicyclic) bond motifs is 3. The van der Waals surface area contributed by atoms with Gasteiger partial charge in [0.05, 0.1) is 28.8 Å². The Balaban J connectivity index is 0.000000375. The van der Waals surface area contributed by atoms with Gasteiger partial charge in [-0.25, -0.2) is 4.79 Å². The van der Waals surface area contributed by atoms with Gasteiger partial charge >= 0.3 is 11.9 Å². The summed E-state index contributed by atoms with van der Waals surface area (Å²) in [5, 5.41) is 31.4. The van der Waals surface area contributed by atoms with Crippen LogP contribution in [0.3, 0.4) is 0 Å². The SMILES string of the molecule is CCO[C@H]1CC2[C@](C)(C(=O)[C@H](OC(C)=O)C3=C(C)CC[C@@](O)(CC)[C@]32C)[C@@H](O)C1.O=C(O)c1ccccc1. The molecule has 1 aromatic rings. The van der Waals surface area contributed by atoms with Crippen molar-refractivity contribution in [2.24, 2.45) is 16.7 Å².